The molecule has 0 bridgehead atoms. The maximum Gasteiger partial charge on any atom is 0.248 e. The Morgan fingerprint density at radius 2 is 1.55 bits per heavy atom. The van der Waals surface area contributed by atoms with E-state index in [1.165, 1.54) is 11.6 Å². The number of benzene rings is 3. The van der Waals surface area contributed by atoms with Crippen LogP contribution in [-0.2, 0) is 10.2 Å². The van der Waals surface area contributed by atoms with E-state index in [-0.39, 0.29) is 17.1 Å². The fourth-order valence-electron chi connectivity index (χ4n) is 3.10. The van der Waals surface area contributed by atoms with Gasteiger partial charge in [-0.15, -0.1) is 0 Å². The number of ether oxygens (including phenoxy) is 1. The van der Waals surface area contributed by atoms with Crippen LogP contribution in [0.5, 0.6) is 5.75 Å². The van der Waals surface area contributed by atoms with Gasteiger partial charge in [0.05, 0.1) is 7.11 Å². The summed E-state index contributed by atoms with van der Waals surface area (Å²) in [6.45, 7) is 6.41. The standard InChI is InChI=1S/C27H27NO3/c1-27(2,3)22-13-11-20(12-14-22)26(30)21-6-5-7-23(18-21)28-25(29)17-10-19-8-15-24(31-4)16-9-19/h5-18H,1-4H3,(H,28,29)/b17-10+. The van der Waals surface area contributed by atoms with Crippen molar-refractivity contribution in [3.63, 3.8) is 0 Å². The van der Waals surface area contributed by atoms with Gasteiger partial charge in [0.15, 0.2) is 5.78 Å². The van der Waals surface area contributed by atoms with Gasteiger partial charge >= 0.3 is 0 Å². The van der Waals surface area contributed by atoms with Crippen molar-refractivity contribution in [1.82, 2.24) is 0 Å². The molecular weight excluding hydrogens is 386 g/mol. The summed E-state index contributed by atoms with van der Waals surface area (Å²) in [5, 5.41) is 2.81. The van der Waals surface area contributed by atoms with E-state index in [0.717, 1.165) is 11.3 Å². The molecule has 0 unspecified atom stereocenters. The highest BCUT2D eigenvalue weighted by Crippen LogP contribution is 2.23. The van der Waals surface area contributed by atoms with Crippen LogP contribution in [0.1, 0.15) is 47.8 Å². The van der Waals surface area contributed by atoms with Gasteiger partial charge in [-0.3, -0.25) is 9.59 Å². The molecule has 0 saturated carbocycles. The van der Waals surface area contributed by atoms with Crippen LogP contribution < -0.4 is 10.1 Å². The van der Waals surface area contributed by atoms with Gasteiger partial charge in [-0.05, 0) is 46.9 Å². The predicted molar refractivity (Wildman–Crippen MR) is 126 cm³/mol. The molecule has 1 N–H and O–H groups in total. The van der Waals surface area contributed by atoms with E-state index in [1.807, 2.05) is 48.5 Å². The number of hydrogen-bond acceptors (Lipinski definition) is 3. The zero-order chi connectivity index (χ0) is 22.4. The predicted octanol–water partition coefficient (Wildman–Crippen LogP) is 5.88. The summed E-state index contributed by atoms with van der Waals surface area (Å²) < 4.78 is 5.13. The molecule has 158 valence electrons. The lowest BCUT2D eigenvalue weighted by molar-refractivity contribution is -0.111. The highest BCUT2D eigenvalue weighted by atomic mass is 16.5. The van der Waals surface area contributed by atoms with E-state index in [9.17, 15) is 9.59 Å². The minimum absolute atomic E-state index is 0.0328. The summed E-state index contributed by atoms with van der Waals surface area (Å²) >= 11 is 0. The quantitative estimate of drug-likeness (QED) is 0.406. The number of rotatable bonds is 6. The second-order valence-corrected chi connectivity index (χ2v) is 8.33. The molecule has 0 radical (unpaired) electrons. The Bertz CT molecular complexity index is 1090. The fourth-order valence-corrected chi connectivity index (χ4v) is 3.10. The summed E-state index contributed by atoms with van der Waals surface area (Å²) in [5.41, 5.74) is 3.82. The first-order chi connectivity index (χ1) is 14.8. The first kappa shape index (κ1) is 22.0. The van der Waals surface area contributed by atoms with Gasteiger partial charge in [0.2, 0.25) is 5.91 Å². The number of anilines is 1. The second-order valence-electron chi connectivity index (χ2n) is 8.33. The van der Waals surface area contributed by atoms with Gasteiger partial charge in [-0.2, -0.15) is 0 Å². The third-order valence-electron chi connectivity index (χ3n) is 4.95. The summed E-state index contributed by atoms with van der Waals surface area (Å²) in [4.78, 5) is 25.2. The van der Waals surface area contributed by atoms with Crippen molar-refractivity contribution < 1.29 is 14.3 Å². The molecule has 1 amide bonds. The Kier molecular flexibility index (Phi) is 6.71. The summed E-state index contributed by atoms with van der Waals surface area (Å²) in [6, 6.07) is 22.1. The lowest BCUT2D eigenvalue weighted by atomic mass is 9.86. The average Bonchev–Trinajstić information content (AvgIpc) is 2.77. The minimum Gasteiger partial charge on any atom is -0.497 e. The topological polar surface area (TPSA) is 55.4 Å². The van der Waals surface area contributed by atoms with E-state index in [2.05, 4.69) is 26.1 Å². The van der Waals surface area contributed by atoms with Crippen LogP contribution in [0.25, 0.3) is 6.08 Å². The molecule has 4 heteroatoms. The van der Waals surface area contributed by atoms with Gasteiger partial charge in [0, 0.05) is 22.9 Å². The van der Waals surface area contributed by atoms with Crippen molar-refractivity contribution in [2.75, 3.05) is 12.4 Å². The molecule has 0 saturated heterocycles. The van der Waals surface area contributed by atoms with Crippen LogP contribution in [-0.4, -0.2) is 18.8 Å². The van der Waals surface area contributed by atoms with E-state index < -0.39 is 0 Å². The molecule has 0 spiro atoms. The number of amides is 1. The van der Waals surface area contributed by atoms with E-state index in [1.54, 1.807) is 37.5 Å². The number of carbonyl (C=O) groups is 2. The molecular formula is C27H27NO3. The Morgan fingerprint density at radius 3 is 2.16 bits per heavy atom. The van der Waals surface area contributed by atoms with Crippen LogP contribution in [0.3, 0.4) is 0 Å². The Morgan fingerprint density at radius 1 is 0.871 bits per heavy atom. The zero-order valence-electron chi connectivity index (χ0n) is 18.3. The fraction of sp³-hybridized carbons (Fsp3) is 0.185. The van der Waals surface area contributed by atoms with Crippen LogP contribution in [0.4, 0.5) is 5.69 Å². The lowest BCUT2D eigenvalue weighted by Gasteiger charge is -2.19. The van der Waals surface area contributed by atoms with Crippen LogP contribution in [0.2, 0.25) is 0 Å². The third-order valence-corrected chi connectivity index (χ3v) is 4.95. The molecule has 0 atom stereocenters. The van der Waals surface area contributed by atoms with Crippen molar-refractivity contribution in [2.45, 2.75) is 26.2 Å². The normalized spacial score (nSPS) is 11.4. The molecule has 4 nitrogen and oxygen atoms in total. The van der Waals surface area contributed by atoms with E-state index >= 15 is 0 Å². The Labute approximate surface area is 183 Å². The molecule has 3 rings (SSSR count). The maximum absolute atomic E-state index is 12.9. The van der Waals surface area contributed by atoms with E-state index in [4.69, 9.17) is 4.74 Å². The number of nitrogens with one attached hydrogen (secondary N) is 1. The number of hydrogen-bond donors (Lipinski definition) is 1. The van der Waals surface area contributed by atoms with Gasteiger partial charge < -0.3 is 10.1 Å². The lowest BCUT2D eigenvalue weighted by Crippen LogP contribution is -2.11. The molecule has 0 aromatic heterocycles. The highest BCUT2D eigenvalue weighted by Gasteiger charge is 2.15. The minimum atomic E-state index is -0.269. The third kappa shape index (κ3) is 5.92. The first-order valence-electron chi connectivity index (χ1n) is 10.1. The largest absolute Gasteiger partial charge is 0.497 e. The van der Waals surface area contributed by atoms with Gasteiger partial charge in [0.25, 0.3) is 0 Å². The van der Waals surface area contributed by atoms with Crippen LogP contribution >= 0.6 is 0 Å². The highest BCUT2D eigenvalue weighted by molar-refractivity contribution is 6.10. The molecule has 0 aliphatic heterocycles. The van der Waals surface area contributed by atoms with Crippen LogP contribution in [0.15, 0.2) is 78.9 Å². The van der Waals surface area contributed by atoms with Crippen molar-refractivity contribution in [1.29, 1.82) is 0 Å². The van der Waals surface area contributed by atoms with Crippen molar-refractivity contribution in [2.24, 2.45) is 0 Å². The molecule has 3 aromatic carbocycles. The van der Waals surface area contributed by atoms with Crippen molar-refractivity contribution in [3.8, 4) is 5.75 Å². The zero-order valence-corrected chi connectivity index (χ0v) is 18.3. The molecule has 0 fully saturated rings. The monoisotopic (exact) mass is 413 g/mol. The number of carbonyl (C=O) groups excluding carboxylic acids is 2. The Balaban J connectivity index is 1.68. The Hall–Kier alpha value is -3.66. The first-order valence-corrected chi connectivity index (χ1v) is 10.1. The second kappa shape index (κ2) is 9.43. The summed E-state index contributed by atoms with van der Waals surface area (Å²) in [6.07, 6.45) is 3.18. The van der Waals surface area contributed by atoms with Crippen molar-refractivity contribution in [3.05, 3.63) is 101 Å². The molecule has 0 heterocycles. The SMILES string of the molecule is COc1ccc(/C=C/C(=O)Nc2cccc(C(=O)c3ccc(C(C)(C)C)cc3)c2)cc1. The maximum atomic E-state index is 12.9. The van der Waals surface area contributed by atoms with Crippen LogP contribution in [0, 0.1) is 0 Å². The number of methoxy groups -OCH3 is 1. The molecule has 31 heavy (non-hydrogen) atoms. The molecule has 3 aromatic rings. The molecule has 0 aliphatic carbocycles. The number of ketones is 1. The van der Waals surface area contributed by atoms with Gasteiger partial charge in [0.1, 0.15) is 5.75 Å². The van der Waals surface area contributed by atoms with E-state index in [0.29, 0.717) is 16.8 Å². The van der Waals surface area contributed by atoms with Gasteiger partial charge in [-0.25, -0.2) is 0 Å². The molecule has 0 aliphatic rings. The summed E-state index contributed by atoms with van der Waals surface area (Å²) in [7, 11) is 1.61. The van der Waals surface area contributed by atoms with Crippen molar-refractivity contribution >= 4 is 23.5 Å². The smallest absolute Gasteiger partial charge is 0.248 e. The average molecular weight is 414 g/mol. The van der Waals surface area contributed by atoms with Gasteiger partial charge in [-0.1, -0.05) is 69.3 Å². The summed E-state index contributed by atoms with van der Waals surface area (Å²) in [5.74, 6) is 0.413.